The number of rotatable bonds is 3. The summed E-state index contributed by atoms with van der Waals surface area (Å²) in [6, 6.07) is 3.51. The number of nitrogens with zero attached hydrogens (tertiary/aromatic N) is 3. The van der Waals surface area contributed by atoms with Crippen molar-refractivity contribution in [2.45, 2.75) is 0 Å². The van der Waals surface area contributed by atoms with Gasteiger partial charge in [-0.1, -0.05) is 0 Å². The monoisotopic (exact) mass is 418 g/mol. The average molecular weight is 419 g/mol. The van der Waals surface area contributed by atoms with Crippen LogP contribution in [0.3, 0.4) is 0 Å². The Morgan fingerprint density at radius 1 is 1.15 bits per heavy atom. The maximum absolute atomic E-state index is 14.5. The van der Waals surface area contributed by atoms with E-state index in [-0.39, 0.29) is 11.4 Å². The van der Waals surface area contributed by atoms with E-state index in [2.05, 4.69) is 30.9 Å². The number of benzene rings is 1. The first-order valence-corrected chi connectivity index (χ1v) is 8.29. The van der Waals surface area contributed by atoms with Gasteiger partial charge in [0.2, 0.25) is 0 Å². The zero-order valence-corrected chi connectivity index (χ0v) is 15.3. The number of H-pyrrole nitrogens is 1. The number of aromatic nitrogens is 4. The molecule has 4 aromatic rings. The Balaban J connectivity index is 2.19. The van der Waals surface area contributed by atoms with Gasteiger partial charge in [-0.15, -0.1) is 0 Å². The van der Waals surface area contributed by atoms with Gasteiger partial charge in [0, 0.05) is 11.5 Å². The van der Waals surface area contributed by atoms with Gasteiger partial charge in [0.05, 0.1) is 53.8 Å². The summed E-state index contributed by atoms with van der Waals surface area (Å²) in [5.41, 5.74) is 1.02. The SMILES string of the molecule is COc1cc2ncc3[nH]c(=O)n(-c4c(F)cncc4OC)c3c2cc1Br. The quantitative estimate of drug-likeness (QED) is 0.552. The number of imidazole rings is 1. The minimum absolute atomic E-state index is 0.0156. The van der Waals surface area contributed by atoms with Crippen LogP contribution in [-0.2, 0) is 0 Å². The van der Waals surface area contributed by atoms with Crippen molar-refractivity contribution in [3.05, 3.63) is 51.5 Å². The summed E-state index contributed by atoms with van der Waals surface area (Å²) < 4.78 is 27.0. The number of pyridine rings is 2. The number of ether oxygens (including phenoxy) is 2. The van der Waals surface area contributed by atoms with Crippen LogP contribution in [0.2, 0.25) is 0 Å². The highest BCUT2D eigenvalue weighted by atomic mass is 79.9. The molecular weight excluding hydrogens is 407 g/mol. The number of halogens is 2. The zero-order valence-electron chi connectivity index (χ0n) is 13.7. The lowest BCUT2D eigenvalue weighted by atomic mass is 10.1. The molecule has 132 valence electrons. The van der Waals surface area contributed by atoms with E-state index < -0.39 is 11.5 Å². The molecule has 0 saturated carbocycles. The van der Waals surface area contributed by atoms with E-state index in [1.54, 1.807) is 19.2 Å². The Labute approximate surface area is 154 Å². The van der Waals surface area contributed by atoms with Crippen LogP contribution in [0.15, 0.2) is 40.0 Å². The maximum atomic E-state index is 14.5. The van der Waals surface area contributed by atoms with Gasteiger partial charge in [0.25, 0.3) is 0 Å². The summed E-state index contributed by atoms with van der Waals surface area (Å²) in [5.74, 6) is 0.0666. The molecule has 1 N–H and O–H groups in total. The van der Waals surface area contributed by atoms with Gasteiger partial charge in [-0.3, -0.25) is 14.5 Å². The third kappa shape index (κ3) is 2.35. The number of methoxy groups -OCH3 is 2. The molecule has 0 bridgehead atoms. The third-order valence-electron chi connectivity index (χ3n) is 4.06. The molecule has 0 saturated heterocycles. The minimum Gasteiger partial charge on any atom is -0.495 e. The summed E-state index contributed by atoms with van der Waals surface area (Å²) >= 11 is 3.43. The minimum atomic E-state index is -0.676. The fourth-order valence-electron chi connectivity index (χ4n) is 2.93. The molecule has 0 amide bonds. The van der Waals surface area contributed by atoms with Crippen molar-refractivity contribution >= 4 is 37.9 Å². The molecule has 3 heterocycles. The van der Waals surface area contributed by atoms with Crippen molar-refractivity contribution in [1.82, 2.24) is 19.5 Å². The smallest absolute Gasteiger partial charge is 0.331 e. The molecule has 0 fully saturated rings. The largest absolute Gasteiger partial charge is 0.495 e. The number of hydrogen-bond acceptors (Lipinski definition) is 5. The second-order valence-corrected chi connectivity index (χ2v) is 6.32. The average Bonchev–Trinajstić information content (AvgIpc) is 2.97. The molecule has 0 aliphatic carbocycles. The zero-order chi connectivity index (χ0) is 18.4. The molecule has 0 unspecified atom stereocenters. The van der Waals surface area contributed by atoms with Gasteiger partial charge in [0.15, 0.2) is 11.6 Å². The molecule has 3 aromatic heterocycles. The first-order chi connectivity index (χ1) is 12.5. The van der Waals surface area contributed by atoms with Crippen LogP contribution in [-0.4, -0.2) is 33.7 Å². The normalized spacial score (nSPS) is 11.2. The molecule has 4 rings (SSSR count). The van der Waals surface area contributed by atoms with E-state index in [0.717, 1.165) is 6.20 Å². The molecule has 0 aliphatic rings. The highest BCUT2D eigenvalue weighted by molar-refractivity contribution is 9.10. The van der Waals surface area contributed by atoms with Crippen LogP contribution < -0.4 is 15.2 Å². The second kappa shape index (κ2) is 6.10. The second-order valence-electron chi connectivity index (χ2n) is 5.46. The highest BCUT2D eigenvalue weighted by Gasteiger charge is 2.20. The molecule has 9 heteroatoms. The molecule has 1 aromatic carbocycles. The van der Waals surface area contributed by atoms with Gasteiger partial charge in [-0.2, -0.15) is 0 Å². The van der Waals surface area contributed by atoms with Crippen LogP contribution in [0.5, 0.6) is 11.5 Å². The molecule has 0 spiro atoms. The standard InChI is InChI=1S/C17H12BrFN4O3/c1-25-13-4-11-8(3-9(13)18)15-12(6-21-11)22-17(24)23(15)16-10(19)5-20-7-14(16)26-2/h3-7H,1-2H3,(H,22,24). The predicted molar refractivity (Wildman–Crippen MR) is 97.8 cm³/mol. The van der Waals surface area contributed by atoms with Gasteiger partial charge in [0.1, 0.15) is 11.4 Å². The first kappa shape index (κ1) is 16.5. The van der Waals surface area contributed by atoms with Crippen molar-refractivity contribution < 1.29 is 13.9 Å². The van der Waals surface area contributed by atoms with E-state index in [1.165, 1.54) is 24.1 Å². The number of hydrogen-bond donors (Lipinski definition) is 1. The Morgan fingerprint density at radius 2 is 1.92 bits per heavy atom. The molecule has 0 atom stereocenters. The van der Waals surface area contributed by atoms with Crippen molar-refractivity contribution in [3.63, 3.8) is 0 Å². The highest BCUT2D eigenvalue weighted by Crippen LogP contribution is 2.34. The third-order valence-corrected chi connectivity index (χ3v) is 4.68. The van der Waals surface area contributed by atoms with E-state index in [0.29, 0.717) is 32.2 Å². The van der Waals surface area contributed by atoms with Gasteiger partial charge in [-0.25, -0.2) is 9.18 Å². The number of fused-ring (bicyclic) bond motifs is 3. The van der Waals surface area contributed by atoms with Gasteiger partial charge >= 0.3 is 5.69 Å². The first-order valence-electron chi connectivity index (χ1n) is 7.50. The van der Waals surface area contributed by atoms with E-state index in [9.17, 15) is 9.18 Å². The lowest BCUT2D eigenvalue weighted by Gasteiger charge is -2.11. The predicted octanol–water partition coefficient (Wildman–Crippen LogP) is 3.18. The number of aromatic amines is 1. The molecule has 0 aliphatic heterocycles. The fraction of sp³-hybridized carbons (Fsp3) is 0.118. The Hall–Kier alpha value is -2.94. The Morgan fingerprint density at radius 3 is 2.65 bits per heavy atom. The van der Waals surface area contributed by atoms with Crippen LogP contribution in [0.4, 0.5) is 4.39 Å². The van der Waals surface area contributed by atoms with Crippen molar-refractivity contribution in [1.29, 1.82) is 0 Å². The Kier molecular flexibility index (Phi) is 3.87. The summed E-state index contributed by atoms with van der Waals surface area (Å²) in [5, 5.41) is 0.645. The van der Waals surface area contributed by atoms with Crippen LogP contribution >= 0.6 is 15.9 Å². The van der Waals surface area contributed by atoms with Gasteiger partial charge < -0.3 is 14.5 Å². The molecular formula is C17H12BrFN4O3. The van der Waals surface area contributed by atoms with E-state index >= 15 is 0 Å². The molecule has 26 heavy (non-hydrogen) atoms. The lowest BCUT2D eigenvalue weighted by Crippen LogP contribution is -2.17. The molecule has 0 radical (unpaired) electrons. The van der Waals surface area contributed by atoms with Crippen LogP contribution in [0.25, 0.3) is 27.6 Å². The van der Waals surface area contributed by atoms with E-state index in [4.69, 9.17) is 9.47 Å². The number of nitrogens with one attached hydrogen (secondary N) is 1. The summed E-state index contributed by atoms with van der Waals surface area (Å²) in [6.45, 7) is 0. The topological polar surface area (TPSA) is 82.0 Å². The van der Waals surface area contributed by atoms with Gasteiger partial charge in [-0.05, 0) is 22.0 Å². The molecule has 7 nitrogen and oxygen atoms in total. The summed E-state index contributed by atoms with van der Waals surface area (Å²) in [7, 11) is 2.94. The summed E-state index contributed by atoms with van der Waals surface area (Å²) in [4.78, 5) is 23.4. The van der Waals surface area contributed by atoms with Crippen molar-refractivity contribution in [2.75, 3.05) is 14.2 Å². The summed E-state index contributed by atoms with van der Waals surface area (Å²) in [6.07, 6.45) is 3.91. The fourth-order valence-corrected chi connectivity index (χ4v) is 3.44. The van der Waals surface area contributed by atoms with Crippen molar-refractivity contribution in [3.8, 4) is 17.2 Å². The van der Waals surface area contributed by atoms with Crippen LogP contribution in [0.1, 0.15) is 0 Å². The maximum Gasteiger partial charge on any atom is 0.331 e. The van der Waals surface area contributed by atoms with Crippen LogP contribution in [0, 0.1) is 5.82 Å². The lowest BCUT2D eigenvalue weighted by molar-refractivity contribution is 0.406. The van der Waals surface area contributed by atoms with E-state index in [1.807, 2.05) is 0 Å². The van der Waals surface area contributed by atoms with Crippen molar-refractivity contribution in [2.24, 2.45) is 0 Å². The Bertz CT molecular complexity index is 1220.